The first-order valence-corrected chi connectivity index (χ1v) is 9.60. The van der Waals surface area contributed by atoms with Gasteiger partial charge in [0.25, 0.3) is 0 Å². The van der Waals surface area contributed by atoms with E-state index >= 15 is 0 Å². The van der Waals surface area contributed by atoms with Gasteiger partial charge in [0.15, 0.2) is 0 Å². The maximum absolute atomic E-state index is 12.9. The topological polar surface area (TPSA) is 20.3 Å². The van der Waals surface area contributed by atoms with E-state index in [-0.39, 0.29) is 11.2 Å². The van der Waals surface area contributed by atoms with Crippen LogP contribution in [0.3, 0.4) is 0 Å². The van der Waals surface area contributed by atoms with Gasteiger partial charge in [-0.2, -0.15) is 0 Å². The molecule has 0 fully saturated rings. The van der Waals surface area contributed by atoms with Crippen molar-refractivity contribution >= 4 is 28.4 Å². The average molecular weight is 347 g/mol. The zero-order valence-corrected chi connectivity index (χ0v) is 15.1. The van der Waals surface area contributed by atoms with Crippen LogP contribution in [-0.2, 0) is 17.8 Å². The molecule has 1 atom stereocenters. The van der Waals surface area contributed by atoms with Gasteiger partial charge < -0.3 is 4.90 Å². The Hall–Kier alpha value is -2.26. The second-order valence-corrected chi connectivity index (χ2v) is 7.96. The van der Waals surface area contributed by atoms with Crippen LogP contribution in [0.1, 0.15) is 18.1 Å². The van der Waals surface area contributed by atoms with Crippen molar-refractivity contribution in [1.82, 2.24) is 4.90 Å². The number of amides is 1. The van der Waals surface area contributed by atoms with Crippen molar-refractivity contribution in [2.75, 3.05) is 6.54 Å². The van der Waals surface area contributed by atoms with Crippen LogP contribution in [0.5, 0.6) is 0 Å². The summed E-state index contributed by atoms with van der Waals surface area (Å²) in [5.74, 6) is 0.229. The van der Waals surface area contributed by atoms with Crippen LogP contribution in [0.4, 0.5) is 0 Å². The highest BCUT2D eigenvalue weighted by Gasteiger charge is 2.25. The summed E-state index contributed by atoms with van der Waals surface area (Å²) in [6.45, 7) is 3.57. The Morgan fingerprint density at radius 2 is 1.68 bits per heavy atom. The lowest BCUT2D eigenvalue weighted by atomic mass is 10.00. The number of fused-ring (bicyclic) bond motifs is 2. The van der Waals surface area contributed by atoms with Crippen molar-refractivity contribution in [1.29, 1.82) is 0 Å². The number of rotatable bonds is 3. The minimum Gasteiger partial charge on any atom is -0.337 e. The van der Waals surface area contributed by atoms with Gasteiger partial charge in [0.2, 0.25) is 5.91 Å². The van der Waals surface area contributed by atoms with Gasteiger partial charge >= 0.3 is 0 Å². The van der Waals surface area contributed by atoms with Crippen LogP contribution in [0.25, 0.3) is 10.8 Å². The lowest BCUT2D eigenvalue weighted by Crippen LogP contribution is -2.40. The van der Waals surface area contributed by atoms with Crippen molar-refractivity contribution in [3.05, 3.63) is 77.9 Å². The number of nitrogens with zero attached hydrogens (tertiary/aromatic N) is 1. The molecule has 3 heteroatoms. The Morgan fingerprint density at radius 1 is 0.960 bits per heavy atom. The molecule has 1 amide bonds. The van der Waals surface area contributed by atoms with E-state index in [0.29, 0.717) is 0 Å². The first-order valence-electron chi connectivity index (χ1n) is 8.72. The first kappa shape index (κ1) is 16.2. The zero-order valence-electron chi connectivity index (χ0n) is 14.3. The van der Waals surface area contributed by atoms with Crippen molar-refractivity contribution in [3.63, 3.8) is 0 Å². The largest absolute Gasteiger partial charge is 0.337 e. The maximum Gasteiger partial charge on any atom is 0.236 e. The van der Waals surface area contributed by atoms with Crippen molar-refractivity contribution in [3.8, 4) is 0 Å². The first-order chi connectivity index (χ1) is 12.2. The molecular formula is C22H21NOS. The van der Waals surface area contributed by atoms with Crippen LogP contribution in [0, 0.1) is 0 Å². The van der Waals surface area contributed by atoms with Crippen LogP contribution in [-0.4, -0.2) is 22.6 Å². The Kier molecular flexibility index (Phi) is 4.50. The van der Waals surface area contributed by atoms with Gasteiger partial charge in [0, 0.05) is 18.0 Å². The second kappa shape index (κ2) is 6.93. The predicted octanol–water partition coefficient (Wildman–Crippen LogP) is 4.91. The quantitative estimate of drug-likeness (QED) is 0.628. The van der Waals surface area contributed by atoms with Crippen molar-refractivity contribution < 1.29 is 4.79 Å². The van der Waals surface area contributed by atoms with Gasteiger partial charge in [-0.25, -0.2) is 0 Å². The van der Waals surface area contributed by atoms with E-state index in [2.05, 4.69) is 66.7 Å². The molecule has 3 aromatic carbocycles. The SMILES string of the molecule is CC(Sc1ccc2ccccc2c1)C(=O)N1CCc2ccccc2C1. The van der Waals surface area contributed by atoms with Crippen molar-refractivity contribution in [2.45, 2.75) is 30.0 Å². The normalized spacial score (nSPS) is 15.0. The minimum atomic E-state index is -0.0774. The van der Waals surface area contributed by atoms with Gasteiger partial charge in [-0.15, -0.1) is 11.8 Å². The molecule has 1 aliphatic rings. The molecule has 0 aliphatic carbocycles. The second-order valence-electron chi connectivity index (χ2n) is 6.55. The maximum atomic E-state index is 12.9. The molecule has 2 nitrogen and oxygen atoms in total. The lowest BCUT2D eigenvalue weighted by molar-refractivity contribution is -0.131. The van der Waals surface area contributed by atoms with Gasteiger partial charge in [-0.05, 0) is 47.4 Å². The Morgan fingerprint density at radius 3 is 2.52 bits per heavy atom. The van der Waals surface area contributed by atoms with E-state index < -0.39 is 0 Å². The molecule has 25 heavy (non-hydrogen) atoms. The molecule has 1 heterocycles. The molecule has 0 N–H and O–H groups in total. The van der Waals surface area contributed by atoms with Crippen LogP contribution in [0.15, 0.2) is 71.6 Å². The Bertz CT molecular complexity index is 921. The number of thioether (sulfide) groups is 1. The van der Waals surface area contributed by atoms with E-state index in [1.165, 1.54) is 21.9 Å². The number of benzene rings is 3. The number of carbonyl (C=O) groups is 1. The molecule has 4 rings (SSSR count). The fraction of sp³-hybridized carbons (Fsp3) is 0.227. The summed E-state index contributed by atoms with van der Waals surface area (Å²) in [5, 5.41) is 2.38. The van der Waals surface area contributed by atoms with E-state index in [4.69, 9.17) is 0 Å². The molecule has 126 valence electrons. The smallest absolute Gasteiger partial charge is 0.236 e. The molecule has 0 saturated heterocycles. The van der Waals surface area contributed by atoms with Gasteiger partial charge in [0.1, 0.15) is 0 Å². The molecule has 1 aliphatic heterocycles. The zero-order chi connectivity index (χ0) is 17.2. The van der Waals surface area contributed by atoms with Crippen LogP contribution in [0.2, 0.25) is 0 Å². The highest BCUT2D eigenvalue weighted by molar-refractivity contribution is 8.00. The Balaban J connectivity index is 1.47. The van der Waals surface area contributed by atoms with Crippen LogP contribution < -0.4 is 0 Å². The Labute approximate surface area is 152 Å². The minimum absolute atomic E-state index is 0.0774. The highest BCUT2D eigenvalue weighted by atomic mass is 32.2. The molecule has 0 radical (unpaired) electrons. The van der Waals surface area contributed by atoms with E-state index in [1.54, 1.807) is 11.8 Å². The fourth-order valence-corrected chi connectivity index (χ4v) is 4.44. The number of hydrogen-bond acceptors (Lipinski definition) is 2. The fourth-order valence-electron chi connectivity index (χ4n) is 3.44. The molecule has 3 aromatic rings. The van der Waals surface area contributed by atoms with Crippen molar-refractivity contribution in [2.24, 2.45) is 0 Å². The summed E-state index contributed by atoms with van der Waals surface area (Å²) in [6, 6.07) is 23.2. The molecule has 0 saturated carbocycles. The molecule has 0 bridgehead atoms. The lowest BCUT2D eigenvalue weighted by Gasteiger charge is -2.30. The third-order valence-electron chi connectivity index (χ3n) is 4.82. The van der Waals surface area contributed by atoms with Crippen LogP contribution >= 0.6 is 11.8 Å². The molecular weight excluding hydrogens is 326 g/mol. The summed E-state index contributed by atoms with van der Waals surface area (Å²) in [5.41, 5.74) is 2.66. The van der Waals surface area contributed by atoms with Gasteiger partial charge in [-0.3, -0.25) is 4.79 Å². The summed E-state index contributed by atoms with van der Waals surface area (Å²) in [4.78, 5) is 16.0. The third kappa shape index (κ3) is 3.42. The number of carbonyl (C=O) groups excluding carboxylic acids is 1. The van der Waals surface area contributed by atoms with Gasteiger partial charge in [-0.1, -0.05) is 54.6 Å². The highest BCUT2D eigenvalue weighted by Crippen LogP contribution is 2.29. The monoisotopic (exact) mass is 347 g/mol. The summed E-state index contributed by atoms with van der Waals surface area (Å²) < 4.78 is 0. The molecule has 0 spiro atoms. The summed E-state index contributed by atoms with van der Waals surface area (Å²) in [6.07, 6.45) is 0.954. The summed E-state index contributed by atoms with van der Waals surface area (Å²) in [7, 11) is 0. The summed E-state index contributed by atoms with van der Waals surface area (Å²) >= 11 is 1.65. The predicted molar refractivity (Wildman–Crippen MR) is 105 cm³/mol. The van der Waals surface area contributed by atoms with E-state index in [9.17, 15) is 4.79 Å². The van der Waals surface area contributed by atoms with E-state index in [1.807, 2.05) is 11.8 Å². The number of hydrogen-bond donors (Lipinski definition) is 0. The average Bonchev–Trinajstić information content (AvgIpc) is 2.67. The van der Waals surface area contributed by atoms with E-state index in [0.717, 1.165) is 24.4 Å². The molecule has 0 aromatic heterocycles. The standard InChI is InChI=1S/C22H21NOS/c1-16(25-21-11-10-17-6-2-4-8-19(17)14-21)22(24)23-13-12-18-7-3-5-9-20(18)15-23/h2-11,14,16H,12-13,15H2,1H3. The third-order valence-corrected chi connectivity index (χ3v) is 5.91. The van der Waals surface area contributed by atoms with Gasteiger partial charge in [0.05, 0.1) is 5.25 Å². The molecule has 1 unspecified atom stereocenters.